The van der Waals surface area contributed by atoms with Crippen molar-refractivity contribution in [2.45, 2.75) is 25.4 Å². The number of piperidine rings is 1. The Balaban J connectivity index is 1.75. The summed E-state index contributed by atoms with van der Waals surface area (Å²) in [6, 6.07) is 10.9. The van der Waals surface area contributed by atoms with Gasteiger partial charge in [0.25, 0.3) is 5.91 Å². The second kappa shape index (κ2) is 9.43. The van der Waals surface area contributed by atoms with Crippen molar-refractivity contribution in [3.8, 4) is 17.1 Å². The number of carbonyl (C=O) groups is 1. The Bertz CT molecular complexity index is 819. The van der Waals surface area contributed by atoms with Crippen molar-refractivity contribution in [3.05, 3.63) is 42.2 Å². The van der Waals surface area contributed by atoms with Crippen LogP contribution >= 0.6 is 0 Å². The first kappa shape index (κ1) is 21.4. The van der Waals surface area contributed by atoms with E-state index in [9.17, 15) is 15.0 Å². The number of nitrogens with zero attached hydrogens (tertiary/aromatic N) is 1. The average molecular weight is 403 g/mol. The summed E-state index contributed by atoms with van der Waals surface area (Å²) in [5.41, 5.74) is 0.0796. The Morgan fingerprint density at radius 2 is 2.14 bits per heavy atom. The zero-order chi connectivity index (χ0) is 20.9. The average Bonchev–Trinajstić information content (AvgIpc) is 3.25. The molecule has 0 bridgehead atoms. The van der Waals surface area contributed by atoms with Crippen molar-refractivity contribution in [1.29, 1.82) is 0 Å². The summed E-state index contributed by atoms with van der Waals surface area (Å²) in [6.45, 7) is 1.06. The molecule has 0 radical (unpaired) electrons. The van der Waals surface area contributed by atoms with Gasteiger partial charge in [0.15, 0.2) is 5.76 Å². The number of amides is 1. The molecule has 29 heavy (non-hydrogen) atoms. The lowest BCUT2D eigenvalue weighted by Gasteiger charge is -2.45. The van der Waals surface area contributed by atoms with Crippen molar-refractivity contribution >= 4 is 5.91 Å². The molecule has 1 amide bonds. The van der Waals surface area contributed by atoms with Gasteiger partial charge in [0.2, 0.25) is 0 Å². The second-order valence-electron chi connectivity index (χ2n) is 7.54. The molecule has 1 fully saturated rings. The van der Waals surface area contributed by atoms with Gasteiger partial charge in [0, 0.05) is 37.8 Å². The number of likely N-dealkylation sites (tertiary alicyclic amines) is 1. The first-order chi connectivity index (χ1) is 14.0. The molecule has 1 aliphatic heterocycles. The van der Waals surface area contributed by atoms with Crippen LogP contribution in [0, 0.1) is 5.41 Å². The summed E-state index contributed by atoms with van der Waals surface area (Å²) in [4.78, 5) is 14.7. The van der Waals surface area contributed by atoms with Gasteiger partial charge in [-0.25, -0.2) is 0 Å². The molecule has 7 nitrogen and oxygen atoms in total. The lowest BCUT2D eigenvalue weighted by Crippen LogP contribution is -2.55. The van der Waals surface area contributed by atoms with Gasteiger partial charge in [0.1, 0.15) is 11.5 Å². The molecule has 3 rings (SSSR count). The molecule has 2 atom stereocenters. The molecular formula is C22H29NO6. The van der Waals surface area contributed by atoms with Gasteiger partial charge in [-0.2, -0.15) is 0 Å². The molecule has 0 spiro atoms. The normalized spacial score (nSPS) is 21.9. The molecule has 1 aliphatic rings. The number of carbonyl (C=O) groups excluding carboxylic acids is 1. The second-order valence-corrected chi connectivity index (χ2v) is 7.54. The van der Waals surface area contributed by atoms with E-state index < -0.39 is 11.5 Å². The first-order valence-corrected chi connectivity index (χ1v) is 9.84. The molecule has 0 aliphatic carbocycles. The van der Waals surface area contributed by atoms with Crippen LogP contribution in [0.15, 0.2) is 40.8 Å². The summed E-state index contributed by atoms with van der Waals surface area (Å²) >= 11 is 0. The predicted octanol–water partition coefficient (Wildman–Crippen LogP) is 2.57. The molecule has 2 N–H and O–H groups in total. The minimum absolute atomic E-state index is 0.186. The van der Waals surface area contributed by atoms with Crippen LogP contribution in [-0.2, 0) is 4.74 Å². The fourth-order valence-corrected chi connectivity index (χ4v) is 3.91. The van der Waals surface area contributed by atoms with Crippen LogP contribution in [0.5, 0.6) is 5.75 Å². The maximum atomic E-state index is 13.0. The highest BCUT2D eigenvalue weighted by Crippen LogP contribution is 2.36. The number of hydrogen-bond donors (Lipinski definition) is 2. The van der Waals surface area contributed by atoms with E-state index in [0.29, 0.717) is 43.9 Å². The van der Waals surface area contributed by atoms with Gasteiger partial charge in [-0.15, -0.1) is 0 Å². The molecule has 2 heterocycles. The standard InChI is InChI=1S/C22H29NO6/c1-27-12-4-10-22(15-24)14-23(11-9-20(22)25)21(26)19-8-7-18(29-19)16-5-3-6-17(13-16)28-2/h3,5-8,13,20,24-25H,4,9-12,14-15H2,1-2H3/t20-,22+/m1/s1. The predicted molar refractivity (Wildman–Crippen MR) is 108 cm³/mol. The van der Waals surface area contributed by atoms with E-state index >= 15 is 0 Å². The van der Waals surface area contributed by atoms with E-state index in [0.717, 1.165) is 5.56 Å². The molecule has 1 aromatic heterocycles. The zero-order valence-corrected chi connectivity index (χ0v) is 17.0. The van der Waals surface area contributed by atoms with Crippen LogP contribution in [0.3, 0.4) is 0 Å². The fourth-order valence-electron chi connectivity index (χ4n) is 3.91. The minimum Gasteiger partial charge on any atom is -0.497 e. The van der Waals surface area contributed by atoms with Crippen LogP contribution in [-0.4, -0.2) is 67.6 Å². The highest BCUT2D eigenvalue weighted by atomic mass is 16.5. The Hall–Kier alpha value is -2.35. The van der Waals surface area contributed by atoms with Gasteiger partial charge < -0.3 is 29.0 Å². The first-order valence-electron chi connectivity index (χ1n) is 9.84. The highest BCUT2D eigenvalue weighted by molar-refractivity contribution is 5.92. The van der Waals surface area contributed by atoms with E-state index in [1.54, 1.807) is 31.3 Å². The van der Waals surface area contributed by atoms with E-state index in [-0.39, 0.29) is 24.8 Å². The monoisotopic (exact) mass is 403 g/mol. The Labute approximate surface area is 170 Å². The smallest absolute Gasteiger partial charge is 0.289 e. The number of aliphatic hydroxyl groups is 2. The number of furan rings is 1. The number of benzene rings is 1. The van der Waals surface area contributed by atoms with Crippen LogP contribution in [0.25, 0.3) is 11.3 Å². The molecule has 158 valence electrons. The zero-order valence-electron chi connectivity index (χ0n) is 17.0. The quantitative estimate of drug-likeness (QED) is 0.658. The van der Waals surface area contributed by atoms with E-state index in [2.05, 4.69) is 0 Å². The molecule has 7 heteroatoms. The minimum atomic E-state index is -0.741. The van der Waals surface area contributed by atoms with E-state index in [1.165, 1.54) is 0 Å². The van der Waals surface area contributed by atoms with Gasteiger partial charge in [0.05, 0.1) is 19.8 Å². The van der Waals surface area contributed by atoms with Crippen molar-refractivity contribution in [1.82, 2.24) is 4.90 Å². The molecule has 0 saturated carbocycles. The highest BCUT2D eigenvalue weighted by Gasteiger charge is 2.43. The van der Waals surface area contributed by atoms with Crippen molar-refractivity contribution in [2.24, 2.45) is 5.41 Å². The number of methoxy groups -OCH3 is 2. The number of hydrogen-bond acceptors (Lipinski definition) is 6. The fraction of sp³-hybridized carbons (Fsp3) is 0.500. The topological polar surface area (TPSA) is 92.4 Å². The summed E-state index contributed by atoms with van der Waals surface area (Å²) in [5, 5.41) is 20.5. The lowest BCUT2D eigenvalue weighted by molar-refractivity contribution is -0.0749. The number of rotatable bonds is 8. The largest absolute Gasteiger partial charge is 0.497 e. The molecule has 0 unspecified atom stereocenters. The van der Waals surface area contributed by atoms with Crippen LogP contribution in [0.1, 0.15) is 29.8 Å². The summed E-state index contributed by atoms with van der Waals surface area (Å²) in [5.74, 6) is 1.29. The van der Waals surface area contributed by atoms with Gasteiger partial charge in [-0.1, -0.05) is 12.1 Å². The summed E-state index contributed by atoms with van der Waals surface area (Å²) < 4.78 is 16.2. The Morgan fingerprint density at radius 1 is 1.31 bits per heavy atom. The third kappa shape index (κ3) is 4.63. The van der Waals surface area contributed by atoms with E-state index in [1.807, 2.05) is 24.3 Å². The van der Waals surface area contributed by atoms with Crippen molar-refractivity contribution < 1.29 is 28.9 Å². The summed E-state index contributed by atoms with van der Waals surface area (Å²) in [7, 11) is 3.22. The maximum Gasteiger partial charge on any atom is 0.289 e. The van der Waals surface area contributed by atoms with E-state index in [4.69, 9.17) is 13.9 Å². The Kier molecular flexibility index (Phi) is 6.95. The van der Waals surface area contributed by atoms with Crippen molar-refractivity contribution in [3.63, 3.8) is 0 Å². The molecule has 2 aromatic rings. The van der Waals surface area contributed by atoms with Crippen LogP contribution in [0.2, 0.25) is 0 Å². The molecule has 1 aromatic carbocycles. The lowest BCUT2D eigenvalue weighted by atomic mass is 9.74. The number of aliphatic hydroxyl groups excluding tert-OH is 2. The van der Waals surface area contributed by atoms with Gasteiger partial charge in [-0.3, -0.25) is 4.79 Å². The van der Waals surface area contributed by atoms with Gasteiger partial charge in [-0.05, 0) is 43.5 Å². The molecular weight excluding hydrogens is 374 g/mol. The third-order valence-electron chi connectivity index (χ3n) is 5.68. The summed E-state index contributed by atoms with van der Waals surface area (Å²) in [6.07, 6.45) is 1.05. The Morgan fingerprint density at radius 3 is 2.86 bits per heavy atom. The third-order valence-corrected chi connectivity index (χ3v) is 5.68. The SMILES string of the molecule is COCCC[C@@]1(CO)CN(C(=O)c2ccc(-c3cccc(OC)c3)o2)CC[C@H]1O. The maximum absolute atomic E-state index is 13.0. The molecule has 1 saturated heterocycles. The number of ether oxygens (including phenoxy) is 2. The van der Waals surface area contributed by atoms with Crippen LogP contribution in [0.4, 0.5) is 0 Å². The van der Waals surface area contributed by atoms with Crippen molar-refractivity contribution in [2.75, 3.05) is 40.5 Å². The van der Waals surface area contributed by atoms with Gasteiger partial charge >= 0.3 is 0 Å². The van der Waals surface area contributed by atoms with Crippen LogP contribution < -0.4 is 4.74 Å².